The molecule has 0 fully saturated rings. The zero-order valence-electron chi connectivity index (χ0n) is 9.76. The number of pyridine rings is 1. The number of nitrogens with one attached hydrogen (secondary N) is 1. The van der Waals surface area contributed by atoms with E-state index >= 15 is 0 Å². The molecule has 0 saturated carbocycles. The molecule has 1 atom stereocenters. The van der Waals surface area contributed by atoms with Gasteiger partial charge in [-0.05, 0) is 31.4 Å². The van der Waals surface area contributed by atoms with Gasteiger partial charge in [-0.2, -0.15) is 5.10 Å². The molecule has 1 aliphatic carbocycles. The van der Waals surface area contributed by atoms with E-state index in [2.05, 4.69) is 15.2 Å². The van der Waals surface area contributed by atoms with Crippen LogP contribution in [0, 0.1) is 5.92 Å². The lowest BCUT2D eigenvalue weighted by Crippen LogP contribution is -2.21. The first-order chi connectivity index (χ1) is 8.75. The number of nitrogens with zero attached hydrogens (tertiary/aromatic N) is 2. The number of aromatic amines is 1. The van der Waals surface area contributed by atoms with Crippen molar-refractivity contribution >= 4 is 5.97 Å². The summed E-state index contributed by atoms with van der Waals surface area (Å²) in [6.07, 6.45) is 5.42. The first kappa shape index (κ1) is 11.0. The molecule has 0 spiro atoms. The van der Waals surface area contributed by atoms with Crippen LogP contribution in [0.1, 0.15) is 17.7 Å². The van der Waals surface area contributed by atoms with Crippen molar-refractivity contribution in [1.82, 2.24) is 15.2 Å². The predicted octanol–water partition coefficient (Wildman–Crippen LogP) is 1.66. The molecule has 0 aliphatic heterocycles. The molecule has 0 radical (unpaired) electrons. The number of rotatable bonds is 2. The van der Waals surface area contributed by atoms with E-state index in [9.17, 15) is 4.79 Å². The van der Waals surface area contributed by atoms with Gasteiger partial charge in [0.05, 0.1) is 11.6 Å². The Morgan fingerprint density at radius 3 is 2.89 bits per heavy atom. The van der Waals surface area contributed by atoms with E-state index in [1.807, 2.05) is 12.1 Å². The van der Waals surface area contributed by atoms with Crippen LogP contribution in [0.25, 0.3) is 11.3 Å². The number of hydrogen-bond acceptors (Lipinski definition) is 3. The monoisotopic (exact) mass is 243 g/mol. The number of H-pyrrole nitrogens is 1. The Labute approximate surface area is 104 Å². The van der Waals surface area contributed by atoms with Gasteiger partial charge >= 0.3 is 5.97 Å². The second-order valence-corrected chi connectivity index (χ2v) is 4.54. The molecule has 2 heterocycles. The van der Waals surface area contributed by atoms with E-state index in [0.29, 0.717) is 12.8 Å². The highest BCUT2D eigenvalue weighted by atomic mass is 16.4. The Morgan fingerprint density at radius 1 is 1.39 bits per heavy atom. The summed E-state index contributed by atoms with van der Waals surface area (Å²) in [4.78, 5) is 15.1. The number of aliphatic carboxylic acids is 1. The molecule has 2 aromatic rings. The highest BCUT2D eigenvalue weighted by Gasteiger charge is 2.28. The third-order valence-corrected chi connectivity index (χ3v) is 3.45. The van der Waals surface area contributed by atoms with Crippen molar-refractivity contribution in [1.29, 1.82) is 0 Å². The molecule has 0 aromatic carbocycles. The Hall–Kier alpha value is -2.17. The molecule has 2 aromatic heterocycles. The maximum absolute atomic E-state index is 11.1. The van der Waals surface area contributed by atoms with Crippen LogP contribution >= 0.6 is 0 Å². The molecule has 0 bridgehead atoms. The van der Waals surface area contributed by atoms with E-state index in [4.69, 9.17) is 5.11 Å². The Kier molecular flexibility index (Phi) is 2.59. The topological polar surface area (TPSA) is 78.9 Å². The number of carboxylic acids is 1. The normalized spacial score (nSPS) is 18.3. The fraction of sp³-hybridized carbons (Fsp3) is 0.308. The molecule has 1 aliphatic rings. The third kappa shape index (κ3) is 1.77. The second kappa shape index (κ2) is 4.25. The third-order valence-electron chi connectivity index (χ3n) is 3.45. The van der Waals surface area contributed by atoms with Crippen LogP contribution in [0.2, 0.25) is 0 Å². The van der Waals surface area contributed by atoms with Gasteiger partial charge in [-0.3, -0.25) is 14.9 Å². The minimum Gasteiger partial charge on any atom is -0.481 e. The minimum absolute atomic E-state index is 0.296. The zero-order valence-corrected chi connectivity index (χ0v) is 9.76. The lowest BCUT2D eigenvalue weighted by atomic mass is 9.85. The van der Waals surface area contributed by atoms with Crippen LogP contribution < -0.4 is 0 Å². The first-order valence-electron chi connectivity index (χ1n) is 5.95. The summed E-state index contributed by atoms with van der Waals surface area (Å²) < 4.78 is 0. The molecular weight excluding hydrogens is 230 g/mol. The lowest BCUT2D eigenvalue weighted by molar-refractivity contribution is -0.142. The van der Waals surface area contributed by atoms with Gasteiger partial charge in [0.15, 0.2) is 0 Å². The summed E-state index contributed by atoms with van der Waals surface area (Å²) in [7, 11) is 0. The van der Waals surface area contributed by atoms with Gasteiger partial charge in [-0.25, -0.2) is 0 Å². The summed E-state index contributed by atoms with van der Waals surface area (Å²) in [5, 5.41) is 16.5. The van der Waals surface area contributed by atoms with Crippen LogP contribution in [-0.4, -0.2) is 26.3 Å². The molecule has 5 heteroatoms. The van der Waals surface area contributed by atoms with Crippen molar-refractivity contribution < 1.29 is 9.90 Å². The predicted molar refractivity (Wildman–Crippen MR) is 65.0 cm³/mol. The van der Waals surface area contributed by atoms with Crippen LogP contribution in [0.5, 0.6) is 0 Å². The van der Waals surface area contributed by atoms with Crippen LogP contribution in [0.4, 0.5) is 0 Å². The first-order valence-corrected chi connectivity index (χ1v) is 5.95. The fourth-order valence-corrected chi connectivity index (χ4v) is 2.45. The molecular formula is C13H13N3O2. The number of carbonyl (C=O) groups is 1. The van der Waals surface area contributed by atoms with Crippen molar-refractivity contribution in [3.05, 3.63) is 35.8 Å². The van der Waals surface area contributed by atoms with Crippen LogP contribution in [0.15, 0.2) is 24.5 Å². The molecule has 3 rings (SSSR count). The van der Waals surface area contributed by atoms with Crippen molar-refractivity contribution in [2.75, 3.05) is 0 Å². The number of fused-ring (bicyclic) bond motifs is 1. The quantitative estimate of drug-likeness (QED) is 0.840. The molecule has 92 valence electrons. The van der Waals surface area contributed by atoms with Crippen LogP contribution in [-0.2, 0) is 17.6 Å². The summed E-state index contributed by atoms with van der Waals surface area (Å²) in [6.45, 7) is 0. The van der Waals surface area contributed by atoms with E-state index < -0.39 is 5.97 Å². The Bertz CT molecular complexity index is 577. The Morgan fingerprint density at radius 2 is 2.17 bits per heavy atom. The SMILES string of the molecule is O=C(O)[C@H]1CCc2[nH]nc(-c3ccncc3)c2C1. The lowest BCUT2D eigenvalue weighted by Gasteiger charge is -2.18. The summed E-state index contributed by atoms with van der Waals surface area (Å²) in [5.41, 5.74) is 3.95. The Balaban J connectivity index is 2.00. The van der Waals surface area contributed by atoms with E-state index in [1.165, 1.54) is 0 Å². The van der Waals surface area contributed by atoms with Crippen molar-refractivity contribution in [2.24, 2.45) is 5.92 Å². The highest BCUT2D eigenvalue weighted by Crippen LogP contribution is 2.31. The van der Waals surface area contributed by atoms with Gasteiger partial charge in [0, 0.05) is 29.2 Å². The molecule has 0 unspecified atom stereocenters. The number of carboxylic acid groups (broad SMARTS) is 1. The van der Waals surface area contributed by atoms with E-state index in [0.717, 1.165) is 28.9 Å². The fourth-order valence-electron chi connectivity index (χ4n) is 2.45. The zero-order chi connectivity index (χ0) is 12.5. The van der Waals surface area contributed by atoms with Crippen molar-refractivity contribution in [2.45, 2.75) is 19.3 Å². The average Bonchev–Trinajstić information content (AvgIpc) is 2.82. The second-order valence-electron chi connectivity index (χ2n) is 4.54. The van der Waals surface area contributed by atoms with Gasteiger partial charge in [-0.1, -0.05) is 0 Å². The number of aryl methyl sites for hydroxylation is 1. The van der Waals surface area contributed by atoms with Gasteiger partial charge in [-0.15, -0.1) is 0 Å². The summed E-state index contributed by atoms with van der Waals surface area (Å²) >= 11 is 0. The molecule has 0 saturated heterocycles. The smallest absolute Gasteiger partial charge is 0.306 e. The van der Waals surface area contributed by atoms with E-state index in [-0.39, 0.29) is 5.92 Å². The molecule has 5 nitrogen and oxygen atoms in total. The molecule has 0 amide bonds. The molecule has 18 heavy (non-hydrogen) atoms. The van der Waals surface area contributed by atoms with Gasteiger partial charge in [0.2, 0.25) is 0 Å². The number of hydrogen-bond donors (Lipinski definition) is 2. The van der Waals surface area contributed by atoms with Gasteiger partial charge in [0.25, 0.3) is 0 Å². The molecule has 2 N–H and O–H groups in total. The standard InChI is InChI=1S/C13H13N3O2/c17-13(18)9-1-2-11-10(7-9)12(16-15-11)8-3-5-14-6-4-8/h3-6,9H,1-2,7H2,(H,15,16)(H,17,18)/t9-/m0/s1. The van der Waals surface area contributed by atoms with Gasteiger partial charge in [0.1, 0.15) is 0 Å². The van der Waals surface area contributed by atoms with Gasteiger partial charge < -0.3 is 5.11 Å². The van der Waals surface area contributed by atoms with Crippen molar-refractivity contribution in [3.63, 3.8) is 0 Å². The minimum atomic E-state index is -0.720. The summed E-state index contributed by atoms with van der Waals surface area (Å²) in [6, 6.07) is 3.78. The number of aromatic nitrogens is 3. The largest absolute Gasteiger partial charge is 0.481 e. The van der Waals surface area contributed by atoms with Crippen molar-refractivity contribution in [3.8, 4) is 11.3 Å². The summed E-state index contributed by atoms with van der Waals surface area (Å²) in [5.74, 6) is -1.02. The maximum atomic E-state index is 11.1. The maximum Gasteiger partial charge on any atom is 0.306 e. The van der Waals surface area contributed by atoms with Crippen LogP contribution in [0.3, 0.4) is 0 Å². The highest BCUT2D eigenvalue weighted by molar-refractivity contribution is 5.72. The average molecular weight is 243 g/mol. The van der Waals surface area contributed by atoms with E-state index in [1.54, 1.807) is 12.4 Å².